The molecule has 0 aliphatic heterocycles. The van der Waals surface area contributed by atoms with Gasteiger partial charge in [-0.1, -0.05) is 248 Å². The van der Waals surface area contributed by atoms with Crippen LogP contribution < -0.4 is 0 Å². The summed E-state index contributed by atoms with van der Waals surface area (Å²) in [7, 11) is 0. The van der Waals surface area contributed by atoms with E-state index in [1.807, 2.05) is 0 Å². The zero-order chi connectivity index (χ0) is 51.4. The SMILES string of the molecule is CCCCC/C=C\C/C=C\CCCCCCCCCCCC(=O)OCC(COC(=O)CCCCCCCCCCC/C=C\C/C=C\CCCCC)OC(=O)CCCCCCC/C=C\CCCCCCCC. The van der Waals surface area contributed by atoms with Crippen molar-refractivity contribution in [3.8, 4) is 0 Å². The second kappa shape index (κ2) is 59.7. The summed E-state index contributed by atoms with van der Waals surface area (Å²) in [4.78, 5) is 38.3. The van der Waals surface area contributed by atoms with Crippen LogP contribution in [-0.4, -0.2) is 37.2 Å². The summed E-state index contributed by atoms with van der Waals surface area (Å²) >= 11 is 0. The fourth-order valence-corrected chi connectivity index (χ4v) is 8.79. The minimum atomic E-state index is -0.782. The number of rotatable bonds is 56. The van der Waals surface area contributed by atoms with E-state index >= 15 is 0 Å². The normalized spacial score (nSPS) is 12.1. The lowest BCUT2D eigenvalue weighted by molar-refractivity contribution is -0.167. The Hall–Kier alpha value is -2.89. The molecule has 0 aromatic carbocycles. The quantitative estimate of drug-likeness (QED) is 0.0261. The summed E-state index contributed by atoms with van der Waals surface area (Å²) in [6, 6.07) is 0. The maximum atomic E-state index is 12.9. The van der Waals surface area contributed by atoms with Gasteiger partial charge in [0, 0.05) is 19.3 Å². The second-order valence-corrected chi connectivity index (χ2v) is 20.6. The summed E-state index contributed by atoms with van der Waals surface area (Å²) in [6.07, 6.45) is 74.9. The summed E-state index contributed by atoms with van der Waals surface area (Å²) < 4.78 is 16.9. The molecule has 0 saturated heterocycles. The number of carbonyl (C=O) groups excluding carboxylic acids is 3. The molecule has 0 aliphatic rings. The summed E-state index contributed by atoms with van der Waals surface area (Å²) in [5, 5.41) is 0. The van der Waals surface area contributed by atoms with Gasteiger partial charge in [0.05, 0.1) is 0 Å². The molecule has 0 atom stereocenters. The van der Waals surface area contributed by atoms with Crippen LogP contribution >= 0.6 is 0 Å². The third-order valence-electron chi connectivity index (χ3n) is 13.5. The first-order valence-corrected chi connectivity index (χ1v) is 30.8. The largest absolute Gasteiger partial charge is 0.462 e. The van der Waals surface area contributed by atoms with Crippen molar-refractivity contribution in [1.29, 1.82) is 0 Å². The number of unbranched alkanes of at least 4 members (excludes halogenated alkanes) is 35. The van der Waals surface area contributed by atoms with Crippen LogP contribution in [0, 0.1) is 0 Å². The molecule has 6 heteroatoms. The Bertz CT molecular complexity index is 1210. The van der Waals surface area contributed by atoms with E-state index in [4.69, 9.17) is 14.2 Å². The lowest BCUT2D eigenvalue weighted by Crippen LogP contribution is -2.30. The number of ether oxygens (including phenoxy) is 3. The molecule has 0 spiro atoms. The maximum absolute atomic E-state index is 12.9. The standard InChI is InChI=1S/C65H116O6/c1-4-7-10-13-16-19-22-25-28-30-32-34-37-39-42-45-48-51-54-57-63(66)69-60-62(71-65(68)59-56-53-50-47-44-41-36-27-24-21-18-15-12-9-6-3)61-70-64(67)58-55-52-49-46-43-40-38-35-33-31-29-26-23-20-17-14-11-8-5-2/h16-17,19-20,25-29,36,62H,4-15,18,21-24,30-35,37-61H2,1-3H3/b19-16-,20-17-,28-25-,29-26-,36-27-. The highest BCUT2D eigenvalue weighted by Crippen LogP contribution is 2.16. The lowest BCUT2D eigenvalue weighted by Gasteiger charge is -2.18. The average molecular weight is 994 g/mol. The van der Waals surface area contributed by atoms with Gasteiger partial charge in [0.2, 0.25) is 0 Å². The molecule has 0 aromatic heterocycles. The van der Waals surface area contributed by atoms with Gasteiger partial charge in [-0.3, -0.25) is 14.4 Å². The number of hydrogen-bond acceptors (Lipinski definition) is 6. The van der Waals surface area contributed by atoms with Crippen LogP contribution in [0.15, 0.2) is 60.8 Å². The molecular formula is C65H116O6. The van der Waals surface area contributed by atoms with E-state index in [1.54, 1.807) is 0 Å². The number of hydrogen-bond donors (Lipinski definition) is 0. The van der Waals surface area contributed by atoms with Crippen molar-refractivity contribution in [2.75, 3.05) is 13.2 Å². The Morgan fingerprint density at radius 2 is 0.507 bits per heavy atom. The van der Waals surface area contributed by atoms with Crippen LogP contribution in [0.4, 0.5) is 0 Å². The Balaban J connectivity index is 4.36. The van der Waals surface area contributed by atoms with E-state index in [9.17, 15) is 14.4 Å². The molecule has 0 fully saturated rings. The van der Waals surface area contributed by atoms with E-state index < -0.39 is 6.10 Å². The van der Waals surface area contributed by atoms with E-state index in [0.717, 1.165) is 83.5 Å². The minimum absolute atomic E-state index is 0.0796. The third-order valence-corrected chi connectivity index (χ3v) is 13.5. The smallest absolute Gasteiger partial charge is 0.306 e. The molecule has 0 bridgehead atoms. The molecular weight excluding hydrogens is 877 g/mol. The fourth-order valence-electron chi connectivity index (χ4n) is 8.79. The van der Waals surface area contributed by atoms with Crippen LogP contribution in [0.5, 0.6) is 0 Å². The average Bonchev–Trinajstić information content (AvgIpc) is 3.37. The molecule has 6 nitrogen and oxygen atoms in total. The van der Waals surface area contributed by atoms with Gasteiger partial charge in [-0.05, 0) is 109 Å². The van der Waals surface area contributed by atoms with E-state index in [0.29, 0.717) is 19.3 Å². The van der Waals surface area contributed by atoms with Crippen LogP contribution in [0.3, 0.4) is 0 Å². The Morgan fingerprint density at radius 3 is 0.817 bits per heavy atom. The predicted molar refractivity (Wildman–Crippen MR) is 307 cm³/mol. The number of esters is 3. The molecule has 0 rings (SSSR count). The molecule has 0 N–H and O–H groups in total. The van der Waals surface area contributed by atoms with Crippen molar-refractivity contribution in [2.24, 2.45) is 0 Å². The van der Waals surface area contributed by atoms with E-state index in [-0.39, 0.29) is 31.1 Å². The summed E-state index contributed by atoms with van der Waals surface area (Å²) in [5.41, 5.74) is 0. The van der Waals surface area contributed by atoms with Gasteiger partial charge in [0.25, 0.3) is 0 Å². The molecule has 412 valence electrons. The Morgan fingerprint density at radius 1 is 0.282 bits per heavy atom. The molecule has 0 unspecified atom stereocenters. The molecule has 0 aromatic rings. The monoisotopic (exact) mass is 993 g/mol. The van der Waals surface area contributed by atoms with Gasteiger partial charge in [-0.2, -0.15) is 0 Å². The van der Waals surface area contributed by atoms with E-state index in [2.05, 4.69) is 81.5 Å². The van der Waals surface area contributed by atoms with Gasteiger partial charge in [0.1, 0.15) is 13.2 Å². The predicted octanol–water partition coefficient (Wildman–Crippen LogP) is 20.8. The van der Waals surface area contributed by atoms with Crippen molar-refractivity contribution in [1.82, 2.24) is 0 Å². The first-order chi connectivity index (χ1) is 35.0. The number of allylic oxidation sites excluding steroid dienone is 10. The second-order valence-electron chi connectivity index (χ2n) is 20.6. The highest BCUT2D eigenvalue weighted by Gasteiger charge is 2.19. The Kier molecular flexibility index (Phi) is 57.2. The zero-order valence-corrected chi connectivity index (χ0v) is 47.2. The van der Waals surface area contributed by atoms with Gasteiger partial charge in [-0.15, -0.1) is 0 Å². The first-order valence-electron chi connectivity index (χ1n) is 30.8. The topological polar surface area (TPSA) is 78.9 Å². The van der Waals surface area contributed by atoms with Gasteiger partial charge >= 0.3 is 17.9 Å². The van der Waals surface area contributed by atoms with Crippen LogP contribution in [-0.2, 0) is 28.6 Å². The third kappa shape index (κ3) is 57.9. The molecule has 0 saturated carbocycles. The minimum Gasteiger partial charge on any atom is -0.462 e. The van der Waals surface area contributed by atoms with Gasteiger partial charge in [0.15, 0.2) is 6.10 Å². The van der Waals surface area contributed by atoms with Crippen LogP contribution in [0.1, 0.15) is 316 Å². The Labute approximate surface area is 440 Å². The molecule has 0 aliphatic carbocycles. The van der Waals surface area contributed by atoms with Crippen molar-refractivity contribution >= 4 is 17.9 Å². The van der Waals surface area contributed by atoms with Crippen molar-refractivity contribution in [3.05, 3.63) is 60.8 Å². The molecule has 0 amide bonds. The van der Waals surface area contributed by atoms with Crippen molar-refractivity contribution in [2.45, 2.75) is 322 Å². The van der Waals surface area contributed by atoms with Crippen molar-refractivity contribution < 1.29 is 28.6 Å². The first kappa shape index (κ1) is 68.1. The molecule has 0 heterocycles. The van der Waals surface area contributed by atoms with Gasteiger partial charge in [-0.25, -0.2) is 0 Å². The van der Waals surface area contributed by atoms with E-state index in [1.165, 1.54) is 193 Å². The molecule has 0 radical (unpaired) electrons. The summed E-state index contributed by atoms with van der Waals surface area (Å²) in [5.74, 6) is -0.882. The zero-order valence-electron chi connectivity index (χ0n) is 47.2. The fraction of sp³-hybridized carbons (Fsp3) is 0.800. The number of carbonyl (C=O) groups is 3. The highest BCUT2D eigenvalue weighted by molar-refractivity contribution is 5.71. The van der Waals surface area contributed by atoms with Crippen LogP contribution in [0.2, 0.25) is 0 Å². The summed E-state index contributed by atoms with van der Waals surface area (Å²) in [6.45, 7) is 6.61. The maximum Gasteiger partial charge on any atom is 0.306 e. The van der Waals surface area contributed by atoms with Crippen molar-refractivity contribution in [3.63, 3.8) is 0 Å². The van der Waals surface area contributed by atoms with Gasteiger partial charge < -0.3 is 14.2 Å². The lowest BCUT2D eigenvalue weighted by atomic mass is 10.1. The molecule has 71 heavy (non-hydrogen) atoms. The van der Waals surface area contributed by atoms with Crippen LogP contribution in [0.25, 0.3) is 0 Å². The highest BCUT2D eigenvalue weighted by atomic mass is 16.6.